The molecule has 0 spiro atoms. The fraction of sp³-hybridized carbons (Fsp3) is 0.571. The van der Waals surface area contributed by atoms with Crippen molar-refractivity contribution in [3.63, 3.8) is 0 Å². The van der Waals surface area contributed by atoms with E-state index in [4.69, 9.17) is 14.2 Å². The van der Waals surface area contributed by atoms with E-state index in [1.54, 1.807) is 0 Å². The highest BCUT2D eigenvalue weighted by Crippen LogP contribution is 2.19. The summed E-state index contributed by atoms with van der Waals surface area (Å²) in [5.41, 5.74) is 2.23. The second-order valence-corrected chi connectivity index (χ2v) is 4.40. The Morgan fingerprint density at radius 3 is 2.44 bits per heavy atom. The predicted molar refractivity (Wildman–Crippen MR) is 66.9 cm³/mol. The Labute approximate surface area is 107 Å². The van der Waals surface area contributed by atoms with Crippen molar-refractivity contribution in [3.8, 4) is 0 Å². The lowest BCUT2D eigenvalue weighted by molar-refractivity contribution is -0.210. The summed E-state index contributed by atoms with van der Waals surface area (Å²) in [4.78, 5) is 0. The van der Waals surface area contributed by atoms with Crippen LogP contribution in [0.1, 0.15) is 24.5 Å². The van der Waals surface area contributed by atoms with Crippen molar-refractivity contribution in [1.29, 1.82) is 0 Å². The second kappa shape index (κ2) is 6.85. The van der Waals surface area contributed by atoms with Crippen LogP contribution in [0.5, 0.6) is 0 Å². The van der Waals surface area contributed by atoms with Crippen molar-refractivity contribution in [2.24, 2.45) is 0 Å². The Hall–Kier alpha value is -0.940. The first kappa shape index (κ1) is 13.5. The minimum Gasteiger partial charge on any atom is -0.385 e. The topological polar surface area (TPSA) is 47.9 Å². The number of aliphatic hydroxyl groups is 1. The first-order valence-corrected chi connectivity index (χ1v) is 6.37. The van der Waals surface area contributed by atoms with Gasteiger partial charge in [0, 0.05) is 6.61 Å². The molecule has 18 heavy (non-hydrogen) atoms. The molecule has 0 aromatic heterocycles. The lowest BCUT2D eigenvalue weighted by Crippen LogP contribution is -2.34. The molecule has 100 valence electrons. The molecular weight excluding hydrogens is 232 g/mol. The second-order valence-electron chi connectivity index (χ2n) is 4.40. The van der Waals surface area contributed by atoms with Crippen LogP contribution in [-0.4, -0.2) is 30.7 Å². The number of ether oxygens (including phenoxy) is 3. The molecule has 1 aliphatic rings. The summed E-state index contributed by atoms with van der Waals surface area (Å²) in [5.74, 6) is 0. The summed E-state index contributed by atoms with van der Waals surface area (Å²) in [5, 5.41) is 9.93. The Morgan fingerprint density at radius 2 is 1.89 bits per heavy atom. The molecule has 4 heteroatoms. The number of benzene rings is 1. The number of fused-ring (bicyclic) bond motifs is 1. The SMILES string of the molecule is CCCOCC(O)C1OCc2ccccc2CO1. The van der Waals surface area contributed by atoms with Crippen LogP contribution in [0.3, 0.4) is 0 Å². The number of rotatable bonds is 5. The zero-order chi connectivity index (χ0) is 12.8. The fourth-order valence-electron chi connectivity index (χ4n) is 1.88. The molecule has 1 N–H and O–H groups in total. The third-order valence-corrected chi connectivity index (χ3v) is 2.88. The summed E-state index contributed by atoms with van der Waals surface area (Å²) in [6, 6.07) is 7.98. The molecular formula is C14H20O4. The fourth-order valence-corrected chi connectivity index (χ4v) is 1.88. The zero-order valence-corrected chi connectivity index (χ0v) is 10.7. The minimum atomic E-state index is -0.745. The van der Waals surface area contributed by atoms with Crippen molar-refractivity contribution in [2.45, 2.75) is 39.0 Å². The van der Waals surface area contributed by atoms with Crippen LogP contribution in [0.4, 0.5) is 0 Å². The van der Waals surface area contributed by atoms with Gasteiger partial charge in [0.2, 0.25) is 0 Å². The molecule has 0 bridgehead atoms. The average molecular weight is 252 g/mol. The summed E-state index contributed by atoms with van der Waals surface area (Å²) < 4.78 is 16.4. The van der Waals surface area contributed by atoms with E-state index in [0.29, 0.717) is 19.8 Å². The average Bonchev–Trinajstić information content (AvgIpc) is 2.61. The molecule has 1 aromatic rings. The van der Waals surface area contributed by atoms with Crippen LogP contribution >= 0.6 is 0 Å². The molecule has 1 aliphatic heterocycles. The van der Waals surface area contributed by atoms with E-state index < -0.39 is 12.4 Å². The lowest BCUT2D eigenvalue weighted by Gasteiger charge is -2.21. The highest BCUT2D eigenvalue weighted by Gasteiger charge is 2.24. The minimum absolute atomic E-state index is 0.245. The molecule has 1 atom stereocenters. The maximum Gasteiger partial charge on any atom is 0.186 e. The summed E-state index contributed by atoms with van der Waals surface area (Å²) in [6.07, 6.45) is -0.426. The Bertz CT molecular complexity index is 340. The quantitative estimate of drug-likeness (QED) is 0.812. The molecule has 0 saturated carbocycles. The van der Waals surface area contributed by atoms with E-state index >= 15 is 0 Å². The van der Waals surface area contributed by atoms with E-state index in [1.165, 1.54) is 0 Å². The van der Waals surface area contributed by atoms with E-state index in [9.17, 15) is 5.11 Å². The van der Waals surface area contributed by atoms with Gasteiger partial charge in [-0.2, -0.15) is 0 Å². The van der Waals surface area contributed by atoms with Crippen molar-refractivity contribution in [3.05, 3.63) is 35.4 Å². The molecule has 0 aliphatic carbocycles. The standard InChI is InChI=1S/C14H20O4/c1-2-7-16-10-13(15)14-17-8-11-5-3-4-6-12(11)9-18-14/h3-6,13-15H,2,7-10H2,1H3. The molecule has 0 fully saturated rings. The van der Waals surface area contributed by atoms with Crippen LogP contribution < -0.4 is 0 Å². The van der Waals surface area contributed by atoms with Gasteiger partial charge < -0.3 is 19.3 Å². The van der Waals surface area contributed by atoms with Gasteiger partial charge in [0.05, 0.1) is 19.8 Å². The van der Waals surface area contributed by atoms with E-state index in [0.717, 1.165) is 17.5 Å². The molecule has 0 saturated heterocycles. The third-order valence-electron chi connectivity index (χ3n) is 2.88. The first-order valence-electron chi connectivity index (χ1n) is 6.37. The molecule has 0 amide bonds. The lowest BCUT2D eigenvalue weighted by atomic mass is 10.1. The highest BCUT2D eigenvalue weighted by atomic mass is 16.7. The van der Waals surface area contributed by atoms with Gasteiger partial charge in [-0.1, -0.05) is 31.2 Å². The van der Waals surface area contributed by atoms with E-state index in [-0.39, 0.29) is 6.61 Å². The summed E-state index contributed by atoms with van der Waals surface area (Å²) in [6.45, 7) is 3.85. The normalized spacial score (nSPS) is 18.1. The first-order chi connectivity index (χ1) is 8.81. The van der Waals surface area contributed by atoms with Gasteiger partial charge >= 0.3 is 0 Å². The summed E-state index contributed by atoms with van der Waals surface area (Å²) in [7, 11) is 0. The van der Waals surface area contributed by atoms with Crippen LogP contribution in [0.25, 0.3) is 0 Å². The van der Waals surface area contributed by atoms with Gasteiger partial charge in [-0.25, -0.2) is 0 Å². The molecule has 4 nitrogen and oxygen atoms in total. The van der Waals surface area contributed by atoms with Crippen molar-refractivity contribution < 1.29 is 19.3 Å². The van der Waals surface area contributed by atoms with E-state index in [2.05, 4.69) is 0 Å². The van der Waals surface area contributed by atoms with E-state index in [1.807, 2.05) is 31.2 Å². The predicted octanol–water partition coefficient (Wildman–Crippen LogP) is 1.85. The Morgan fingerprint density at radius 1 is 1.28 bits per heavy atom. The highest BCUT2D eigenvalue weighted by molar-refractivity contribution is 5.26. The van der Waals surface area contributed by atoms with Crippen LogP contribution in [0, 0.1) is 0 Å². The molecule has 0 radical (unpaired) electrons. The van der Waals surface area contributed by atoms with Crippen molar-refractivity contribution >= 4 is 0 Å². The monoisotopic (exact) mass is 252 g/mol. The van der Waals surface area contributed by atoms with Crippen molar-refractivity contribution in [2.75, 3.05) is 13.2 Å². The molecule has 1 aromatic carbocycles. The van der Waals surface area contributed by atoms with Crippen molar-refractivity contribution in [1.82, 2.24) is 0 Å². The van der Waals surface area contributed by atoms with Gasteiger partial charge in [-0.15, -0.1) is 0 Å². The smallest absolute Gasteiger partial charge is 0.186 e. The molecule has 2 rings (SSSR count). The number of hydrogen-bond donors (Lipinski definition) is 1. The van der Waals surface area contributed by atoms with Crippen LogP contribution in [-0.2, 0) is 27.4 Å². The van der Waals surface area contributed by atoms with Gasteiger partial charge in [0.1, 0.15) is 6.10 Å². The maximum absolute atomic E-state index is 9.93. The molecule has 1 heterocycles. The zero-order valence-electron chi connectivity index (χ0n) is 10.7. The van der Waals surface area contributed by atoms with Gasteiger partial charge in [0.15, 0.2) is 6.29 Å². The summed E-state index contributed by atoms with van der Waals surface area (Å²) >= 11 is 0. The Kier molecular flexibility index (Phi) is 5.13. The Balaban J connectivity index is 1.87. The van der Waals surface area contributed by atoms with Crippen LogP contribution in [0.15, 0.2) is 24.3 Å². The largest absolute Gasteiger partial charge is 0.385 e. The number of hydrogen-bond acceptors (Lipinski definition) is 4. The van der Waals surface area contributed by atoms with Gasteiger partial charge in [0.25, 0.3) is 0 Å². The maximum atomic E-state index is 9.93. The van der Waals surface area contributed by atoms with Gasteiger partial charge in [-0.3, -0.25) is 0 Å². The number of aliphatic hydroxyl groups excluding tert-OH is 1. The van der Waals surface area contributed by atoms with Gasteiger partial charge in [-0.05, 0) is 17.5 Å². The third kappa shape index (κ3) is 3.53. The molecule has 1 unspecified atom stereocenters. The van der Waals surface area contributed by atoms with Crippen LogP contribution in [0.2, 0.25) is 0 Å².